The summed E-state index contributed by atoms with van der Waals surface area (Å²) in [6.45, 7) is 0. The van der Waals surface area contributed by atoms with Gasteiger partial charge in [0.1, 0.15) is 5.52 Å². The third-order valence-corrected chi connectivity index (χ3v) is 11.7. The highest BCUT2D eigenvalue weighted by Crippen LogP contribution is 2.40. The predicted octanol–water partition coefficient (Wildman–Crippen LogP) is 14.3. The molecule has 0 aliphatic rings. The van der Waals surface area contributed by atoms with E-state index < -0.39 is 0 Å². The largest absolute Gasteiger partial charge is 0.436 e. The van der Waals surface area contributed by atoms with Crippen molar-refractivity contribution in [1.82, 2.24) is 15.0 Å². The van der Waals surface area contributed by atoms with Crippen LogP contribution in [0.1, 0.15) is 0 Å². The Morgan fingerprint density at radius 1 is 0.439 bits per heavy atom. The summed E-state index contributed by atoms with van der Waals surface area (Å²) in [6, 6.07) is 65.8. The quantitative estimate of drug-likeness (QED) is 0.152. The van der Waals surface area contributed by atoms with E-state index in [0.717, 1.165) is 77.9 Å². The zero-order valence-corrected chi connectivity index (χ0v) is 31.4. The van der Waals surface area contributed by atoms with Crippen molar-refractivity contribution >= 4 is 71.4 Å². The van der Waals surface area contributed by atoms with Crippen LogP contribution in [-0.4, -0.2) is 15.0 Å². The summed E-state index contributed by atoms with van der Waals surface area (Å²) in [6.07, 6.45) is 1.83. The van der Waals surface area contributed by atoms with E-state index in [4.69, 9.17) is 14.4 Å². The summed E-state index contributed by atoms with van der Waals surface area (Å²) in [5.41, 5.74) is 12.9. The Morgan fingerprint density at radius 3 is 1.82 bits per heavy atom. The first-order valence-electron chi connectivity index (χ1n) is 18.9. The number of benzene rings is 7. The standard InChI is InChI=1S/C51H32N4OS/c1-2-7-38(8-3-1)51-54-45-29-21-39(31-46(45)56-51)33-14-22-41(23-15-33)55(43-26-18-35(19-27-43)48-32-40-9-4-5-11-47(40)57-48)42-24-16-34(17-25-42)44-28-20-37-13-12-36-10-6-30-52-49(36)50(37)53-44/h1-32H. The van der Waals surface area contributed by atoms with Gasteiger partial charge in [-0.2, -0.15) is 0 Å². The van der Waals surface area contributed by atoms with E-state index >= 15 is 0 Å². The Labute approximate surface area is 332 Å². The summed E-state index contributed by atoms with van der Waals surface area (Å²) in [7, 11) is 0. The van der Waals surface area contributed by atoms with Crippen LogP contribution in [0.2, 0.25) is 0 Å². The minimum absolute atomic E-state index is 0.625. The molecule has 0 N–H and O–H groups in total. The molecule has 0 fully saturated rings. The molecule has 11 aromatic rings. The Bertz CT molecular complexity index is 3190. The highest BCUT2D eigenvalue weighted by molar-refractivity contribution is 7.22. The van der Waals surface area contributed by atoms with E-state index in [2.05, 4.69) is 155 Å². The molecule has 0 spiro atoms. The molecule has 0 bridgehead atoms. The van der Waals surface area contributed by atoms with Crippen molar-refractivity contribution in [2.45, 2.75) is 0 Å². The van der Waals surface area contributed by atoms with Crippen LogP contribution in [0.5, 0.6) is 0 Å². The number of anilines is 3. The van der Waals surface area contributed by atoms with Gasteiger partial charge in [-0.05, 0) is 107 Å². The fraction of sp³-hybridized carbons (Fsp3) is 0. The second-order valence-corrected chi connectivity index (χ2v) is 15.2. The number of pyridine rings is 2. The number of thiophene rings is 1. The van der Waals surface area contributed by atoms with Crippen LogP contribution in [0, 0.1) is 0 Å². The maximum atomic E-state index is 6.21. The van der Waals surface area contributed by atoms with Crippen molar-refractivity contribution < 1.29 is 4.42 Å². The first kappa shape index (κ1) is 33.0. The van der Waals surface area contributed by atoms with Crippen LogP contribution in [0.25, 0.3) is 87.3 Å². The van der Waals surface area contributed by atoms with Gasteiger partial charge < -0.3 is 9.32 Å². The van der Waals surface area contributed by atoms with Crippen LogP contribution in [0.3, 0.4) is 0 Å². The number of hydrogen-bond donors (Lipinski definition) is 0. The van der Waals surface area contributed by atoms with Gasteiger partial charge in [0.05, 0.1) is 16.7 Å². The number of hydrogen-bond acceptors (Lipinski definition) is 6. The molecular weight excluding hydrogens is 717 g/mol. The third-order valence-electron chi connectivity index (χ3n) is 10.6. The minimum atomic E-state index is 0.625. The summed E-state index contributed by atoms with van der Waals surface area (Å²) in [5.74, 6) is 0.625. The Hall–Kier alpha value is -7.41. The SMILES string of the molecule is c1ccc(-c2nc3ccc(-c4ccc(N(c5ccc(-c6ccc7ccc8cccnc8c7n6)cc5)c5ccc(-c6cc7ccccc7s6)cc5)cc4)cc3o2)cc1. The summed E-state index contributed by atoms with van der Waals surface area (Å²) in [5, 5.41) is 3.43. The molecule has 0 saturated heterocycles. The summed E-state index contributed by atoms with van der Waals surface area (Å²) >= 11 is 1.82. The molecule has 0 amide bonds. The van der Waals surface area contributed by atoms with E-state index in [1.807, 2.05) is 60.0 Å². The highest BCUT2D eigenvalue weighted by Gasteiger charge is 2.16. The maximum Gasteiger partial charge on any atom is 0.227 e. The molecule has 0 atom stereocenters. The maximum absolute atomic E-state index is 6.21. The molecule has 57 heavy (non-hydrogen) atoms. The van der Waals surface area contributed by atoms with Crippen LogP contribution < -0.4 is 4.90 Å². The molecule has 11 rings (SSSR count). The molecule has 0 aliphatic carbocycles. The second kappa shape index (κ2) is 13.7. The van der Waals surface area contributed by atoms with Crippen molar-refractivity contribution in [1.29, 1.82) is 0 Å². The van der Waals surface area contributed by atoms with Crippen LogP contribution in [-0.2, 0) is 0 Å². The monoisotopic (exact) mass is 748 g/mol. The molecular formula is C51H32N4OS. The molecule has 5 nitrogen and oxygen atoms in total. The van der Waals surface area contributed by atoms with Gasteiger partial charge in [-0.15, -0.1) is 11.3 Å². The van der Waals surface area contributed by atoms with Crippen molar-refractivity contribution in [2.24, 2.45) is 0 Å². The Morgan fingerprint density at radius 2 is 1.07 bits per heavy atom. The second-order valence-electron chi connectivity index (χ2n) is 14.1. The highest BCUT2D eigenvalue weighted by atomic mass is 32.1. The van der Waals surface area contributed by atoms with Crippen molar-refractivity contribution in [3.63, 3.8) is 0 Å². The molecule has 0 unspecified atom stereocenters. The lowest BCUT2D eigenvalue weighted by atomic mass is 10.0. The van der Waals surface area contributed by atoms with Gasteiger partial charge in [-0.1, -0.05) is 103 Å². The van der Waals surface area contributed by atoms with E-state index in [9.17, 15) is 0 Å². The van der Waals surface area contributed by atoms with E-state index in [1.54, 1.807) is 0 Å². The smallest absolute Gasteiger partial charge is 0.227 e. The number of rotatable bonds is 7. The van der Waals surface area contributed by atoms with Crippen molar-refractivity contribution in [3.05, 3.63) is 194 Å². The lowest BCUT2D eigenvalue weighted by Gasteiger charge is -2.26. The predicted molar refractivity (Wildman–Crippen MR) is 236 cm³/mol. The summed E-state index contributed by atoms with van der Waals surface area (Å²) in [4.78, 5) is 18.1. The topological polar surface area (TPSA) is 55.1 Å². The van der Waals surface area contributed by atoms with Gasteiger partial charge in [-0.3, -0.25) is 4.98 Å². The van der Waals surface area contributed by atoms with Crippen LogP contribution >= 0.6 is 11.3 Å². The first-order chi connectivity index (χ1) is 28.2. The molecule has 7 aromatic carbocycles. The molecule has 4 heterocycles. The first-order valence-corrected chi connectivity index (χ1v) is 19.7. The molecule has 4 aromatic heterocycles. The van der Waals surface area contributed by atoms with Gasteiger partial charge in [0.2, 0.25) is 5.89 Å². The average Bonchev–Trinajstić information content (AvgIpc) is 3.92. The third kappa shape index (κ3) is 6.09. The minimum Gasteiger partial charge on any atom is -0.436 e. The fourth-order valence-corrected chi connectivity index (χ4v) is 8.69. The number of fused-ring (bicyclic) bond motifs is 5. The number of nitrogens with zero attached hydrogens (tertiary/aromatic N) is 4. The molecule has 268 valence electrons. The zero-order valence-electron chi connectivity index (χ0n) is 30.6. The lowest BCUT2D eigenvalue weighted by Crippen LogP contribution is -2.09. The lowest BCUT2D eigenvalue weighted by molar-refractivity contribution is 0.620. The van der Waals surface area contributed by atoms with E-state index in [-0.39, 0.29) is 0 Å². The Kier molecular flexibility index (Phi) is 7.93. The number of oxazole rings is 1. The average molecular weight is 749 g/mol. The van der Waals surface area contributed by atoms with Crippen molar-refractivity contribution in [3.8, 4) is 44.3 Å². The Balaban J connectivity index is 0.952. The molecule has 0 radical (unpaired) electrons. The zero-order chi connectivity index (χ0) is 37.7. The van der Waals surface area contributed by atoms with E-state index in [1.165, 1.54) is 20.5 Å². The van der Waals surface area contributed by atoms with Crippen LogP contribution in [0.4, 0.5) is 17.1 Å². The van der Waals surface area contributed by atoms with Gasteiger partial charge in [0.25, 0.3) is 0 Å². The molecule has 0 saturated carbocycles. The summed E-state index contributed by atoms with van der Waals surface area (Å²) < 4.78 is 7.50. The normalized spacial score (nSPS) is 11.5. The van der Waals surface area contributed by atoms with Gasteiger partial charge in [0, 0.05) is 54.7 Å². The molecule has 0 aliphatic heterocycles. The fourth-order valence-electron chi connectivity index (χ4n) is 7.62. The molecule has 6 heteroatoms. The van der Waals surface area contributed by atoms with E-state index in [0.29, 0.717) is 5.89 Å². The van der Waals surface area contributed by atoms with Gasteiger partial charge in [0.15, 0.2) is 5.58 Å². The van der Waals surface area contributed by atoms with Gasteiger partial charge >= 0.3 is 0 Å². The van der Waals surface area contributed by atoms with Crippen LogP contribution in [0.15, 0.2) is 199 Å². The number of aromatic nitrogens is 3. The van der Waals surface area contributed by atoms with Crippen molar-refractivity contribution in [2.75, 3.05) is 4.90 Å². The van der Waals surface area contributed by atoms with Gasteiger partial charge in [-0.25, -0.2) is 9.97 Å².